The highest BCUT2D eigenvalue weighted by Crippen LogP contribution is 2.33. The highest BCUT2D eigenvalue weighted by atomic mass is 19.1. The summed E-state index contributed by atoms with van der Waals surface area (Å²) in [4.78, 5) is 34.7. The summed E-state index contributed by atoms with van der Waals surface area (Å²) in [6.07, 6.45) is 0.202. The molecule has 1 rings (SSSR count). The summed E-state index contributed by atoms with van der Waals surface area (Å²) in [5.41, 5.74) is -0.576. The molecule has 0 saturated heterocycles. The first kappa shape index (κ1) is 21.5. The van der Waals surface area contributed by atoms with E-state index in [4.69, 9.17) is 9.47 Å². The van der Waals surface area contributed by atoms with Crippen LogP contribution in [-0.4, -0.2) is 36.6 Å². The van der Waals surface area contributed by atoms with Gasteiger partial charge >= 0.3 is 11.9 Å². The van der Waals surface area contributed by atoms with Crippen molar-refractivity contribution < 1.29 is 32.8 Å². The molecule has 144 valence electrons. The maximum absolute atomic E-state index is 14.7. The molecule has 0 fully saturated rings. The van der Waals surface area contributed by atoms with E-state index >= 15 is 0 Å². The molecule has 1 atom stereocenters. The Morgan fingerprint density at radius 1 is 1.12 bits per heavy atom. The maximum Gasteiger partial charge on any atom is 0.321 e. The highest BCUT2D eigenvalue weighted by molar-refractivity contribution is 5.96. The van der Waals surface area contributed by atoms with E-state index in [1.165, 1.54) is 19.9 Å². The fraction of sp³-hybridized carbons (Fsp3) is 0.529. The Balaban J connectivity index is 3.57. The van der Waals surface area contributed by atoms with Crippen molar-refractivity contribution in [1.29, 1.82) is 0 Å². The number of hydrogen-bond donors (Lipinski definition) is 0. The molecule has 0 N–H and O–H groups in total. The number of rotatable bonds is 9. The van der Waals surface area contributed by atoms with Gasteiger partial charge in [-0.15, -0.1) is 0 Å². The molecule has 0 heterocycles. The van der Waals surface area contributed by atoms with E-state index < -0.39 is 52.4 Å². The fourth-order valence-electron chi connectivity index (χ4n) is 2.64. The third-order valence-corrected chi connectivity index (χ3v) is 3.79. The highest BCUT2D eigenvalue weighted by Gasteiger charge is 2.44. The van der Waals surface area contributed by atoms with E-state index in [2.05, 4.69) is 0 Å². The quantitative estimate of drug-likeness (QED) is 0.286. The van der Waals surface area contributed by atoms with Gasteiger partial charge in [-0.25, -0.2) is 8.78 Å². The Morgan fingerprint density at radius 3 is 2.08 bits per heavy atom. The largest absolute Gasteiger partial charge is 0.465 e. The zero-order valence-electron chi connectivity index (χ0n) is 14.8. The lowest BCUT2D eigenvalue weighted by atomic mass is 9.84. The molecule has 7 nitrogen and oxygen atoms in total. The van der Waals surface area contributed by atoms with Crippen LogP contribution in [0, 0.1) is 27.7 Å². The Kier molecular flexibility index (Phi) is 8.08. The normalized spacial score (nSPS) is 11.9. The minimum Gasteiger partial charge on any atom is -0.465 e. The van der Waals surface area contributed by atoms with E-state index in [-0.39, 0.29) is 25.2 Å². The molecule has 26 heavy (non-hydrogen) atoms. The average Bonchev–Trinajstić information content (AvgIpc) is 2.55. The minimum absolute atomic E-state index is 0.111. The first-order valence-corrected chi connectivity index (χ1v) is 8.20. The summed E-state index contributed by atoms with van der Waals surface area (Å²) in [5, 5.41) is 11.1. The van der Waals surface area contributed by atoms with Gasteiger partial charge in [0.1, 0.15) is 11.6 Å². The van der Waals surface area contributed by atoms with Gasteiger partial charge in [0.15, 0.2) is 5.92 Å². The third kappa shape index (κ3) is 4.96. The lowest BCUT2D eigenvalue weighted by Gasteiger charge is -2.23. The van der Waals surface area contributed by atoms with Crippen molar-refractivity contribution in [2.45, 2.75) is 33.1 Å². The molecule has 0 amide bonds. The molecule has 0 aliphatic rings. The van der Waals surface area contributed by atoms with Crippen molar-refractivity contribution >= 4 is 11.9 Å². The number of ether oxygens (including phenoxy) is 2. The van der Waals surface area contributed by atoms with Gasteiger partial charge in [-0.05, 0) is 31.9 Å². The second-order valence-corrected chi connectivity index (χ2v) is 5.39. The van der Waals surface area contributed by atoms with Crippen LogP contribution < -0.4 is 0 Å². The summed E-state index contributed by atoms with van der Waals surface area (Å²) in [7, 11) is 0. The van der Waals surface area contributed by atoms with E-state index in [0.717, 1.165) is 6.07 Å². The van der Waals surface area contributed by atoms with Gasteiger partial charge in [-0.2, -0.15) is 0 Å². The first-order chi connectivity index (χ1) is 12.3. The fourth-order valence-corrected chi connectivity index (χ4v) is 2.64. The van der Waals surface area contributed by atoms with Crippen molar-refractivity contribution in [3.05, 3.63) is 45.0 Å². The molecule has 0 spiro atoms. The summed E-state index contributed by atoms with van der Waals surface area (Å²) in [6.45, 7) is 3.31. The van der Waals surface area contributed by atoms with Crippen molar-refractivity contribution in [2.24, 2.45) is 5.92 Å². The SMILES string of the molecule is CCOC(=O)C(C(=O)OCC)[C@@H](C[N+](=O)[O-])c1c(F)ccc(CC)c1F. The minimum atomic E-state index is -1.85. The van der Waals surface area contributed by atoms with Crippen LogP contribution >= 0.6 is 0 Å². The predicted molar refractivity (Wildman–Crippen MR) is 87.1 cm³/mol. The number of nitrogens with zero attached hydrogens (tertiary/aromatic N) is 1. The number of nitro groups is 1. The van der Waals surface area contributed by atoms with Crippen molar-refractivity contribution in [1.82, 2.24) is 0 Å². The van der Waals surface area contributed by atoms with Crippen molar-refractivity contribution in [3.8, 4) is 0 Å². The molecule has 0 radical (unpaired) electrons. The van der Waals surface area contributed by atoms with Gasteiger partial charge in [0.2, 0.25) is 6.54 Å². The molecule has 0 saturated carbocycles. The lowest BCUT2D eigenvalue weighted by Crippen LogP contribution is -2.37. The monoisotopic (exact) mass is 373 g/mol. The summed E-state index contributed by atoms with van der Waals surface area (Å²) in [5.74, 6) is -7.90. The standard InChI is InChI=1S/C17H21F2NO6/c1-4-10-7-8-12(18)13(15(10)19)11(9-20(23)24)14(16(21)25-5-2)17(22)26-6-3/h7-8,11,14H,4-6,9H2,1-3H3/t11-/m0/s1. The molecule has 0 aliphatic heterocycles. The van der Waals surface area contributed by atoms with Gasteiger partial charge < -0.3 is 9.47 Å². The van der Waals surface area contributed by atoms with Crippen LogP contribution in [0.1, 0.15) is 37.8 Å². The van der Waals surface area contributed by atoms with Gasteiger partial charge in [-0.1, -0.05) is 13.0 Å². The van der Waals surface area contributed by atoms with Crippen molar-refractivity contribution in [2.75, 3.05) is 19.8 Å². The second-order valence-electron chi connectivity index (χ2n) is 5.39. The Morgan fingerprint density at radius 2 is 1.65 bits per heavy atom. The number of carbonyl (C=O) groups excluding carboxylic acids is 2. The molecule has 1 aromatic rings. The molecule has 0 aromatic heterocycles. The van der Waals surface area contributed by atoms with Gasteiger partial charge in [0.05, 0.1) is 19.1 Å². The first-order valence-electron chi connectivity index (χ1n) is 8.20. The predicted octanol–water partition coefficient (Wildman–Crippen LogP) is 2.63. The van der Waals surface area contributed by atoms with Crippen LogP contribution in [0.25, 0.3) is 0 Å². The molecular weight excluding hydrogens is 352 g/mol. The zero-order chi connectivity index (χ0) is 19.9. The number of carbonyl (C=O) groups is 2. The number of benzene rings is 1. The number of hydrogen-bond acceptors (Lipinski definition) is 6. The van der Waals surface area contributed by atoms with Crippen molar-refractivity contribution in [3.63, 3.8) is 0 Å². The number of esters is 2. The van der Waals surface area contributed by atoms with Crippen LogP contribution in [0.4, 0.5) is 8.78 Å². The number of aryl methyl sites for hydroxylation is 1. The molecule has 1 aromatic carbocycles. The molecule has 0 aliphatic carbocycles. The Hall–Kier alpha value is -2.58. The van der Waals surface area contributed by atoms with E-state index in [0.29, 0.717) is 0 Å². The Bertz CT molecular complexity index is 661. The van der Waals surface area contributed by atoms with Gasteiger partial charge in [0, 0.05) is 10.5 Å². The second kappa shape index (κ2) is 9.79. The van der Waals surface area contributed by atoms with Crippen LogP contribution in [0.5, 0.6) is 0 Å². The molecular formula is C17H21F2NO6. The van der Waals surface area contributed by atoms with Crippen LogP contribution in [0.3, 0.4) is 0 Å². The summed E-state index contributed by atoms with van der Waals surface area (Å²) >= 11 is 0. The lowest BCUT2D eigenvalue weighted by molar-refractivity contribution is -0.484. The molecule has 9 heteroatoms. The van der Waals surface area contributed by atoms with E-state index in [1.54, 1.807) is 6.92 Å². The average molecular weight is 373 g/mol. The van der Waals surface area contributed by atoms with E-state index in [9.17, 15) is 28.5 Å². The molecule has 0 bridgehead atoms. The Labute approximate surface area is 149 Å². The maximum atomic E-state index is 14.7. The third-order valence-electron chi connectivity index (χ3n) is 3.79. The van der Waals surface area contributed by atoms with Gasteiger partial charge in [0.25, 0.3) is 0 Å². The zero-order valence-corrected chi connectivity index (χ0v) is 14.8. The number of halogens is 2. The van der Waals surface area contributed by atoms with Crippen LogP contribution in [0.2, 0.25) is 0 Å². The summed E-state index contributed by atoms with van der Waals surface area (Å²) in [6, 6.07) is 2.17. The van der Waals surface area contributed by atoms with Crippen LogP contribution in [0.15, 0.2) is 12.1 Å². The molecule has 0 unspecified atom stereocenters. The topological polar surface area (TPSA) is 95.7 Å². The van der Waals surface area contributed by atoms with E-state index in [1.807, 2.05) is 0 Å². The summed E-state index contributed by atoms with van der Waals surface area (Å²) < 4.78 is 38.7. The van der Waals surface area contributed by atoms with Crippen LogP contribution in [-0.2, 0) is 25.5 Å². The van der Waals surface area contributed by atoms with Gasteiger partial charge in [-0.3, -0.25) is 19.7 Å². The smallest absolute Gasteiger partial charge is 0.321 e.